The van der Waals surface area contributed by atoms with Crippen molar-refractivity contribution in [2.24, 2.45) is 5.16 Å². The molecule has 0 heterocycles. The summed E-state index contributed by atoms with van der Waals surface area (Å²) in [5.74, 6) is 0.908. The van der Waals surface area contributed by atoms with E-state index in [2.05, 4.69) is 44.4 Å². The highest BCUT2D eigenvalue weighted by atomic mass is 28.4. The third-order valence-electron chi connectivity index (χ3n) is 1.81. The minimum atomic E-state index is -1.59. The highest BCUT2D eigenvalue weighted by molar-refractivity contribution is 6.70. The number of oxime groups is 1. The van der Waals surface area contributed by atoms with Gasteiger partial charge < -0.3 is 8.95 Å². The summed E-state index contributed by atoms with van der Waals surface area (Å²) in [5, 5.41) is 4.04. The van der Waals surface area contributed by atoms with E-state index >= 15 is 0 Å². The molecule has 0 saturated heterocycles. The Kier molecular flexibility index (Phi) is 4.75. The van der Waals surface area contributed by atoms with E-state index in [9.17, 15) is 0 Å². The SMILES string of the molecule is C[Si](C)(C)O/N=C/c1cccc(O[Si](C)(C)C)c1. The van der Waals surface area contributed by atoms with Crippen molar-refractivity contribution in [3.05, 3.63) is 29.8 Å². The molecule has 5 heteroatoms. The van der Waals surface area contributed by atoms with Crippen molar-refractivity contribution >= 4 is 22.8 Å². The van der Waals surface area contributed by atoms with Gasteiger partial charge in [0, 0.05) is 0 Å². The number of hydrogen-bond acceptors (Lipinski definition) is 3. The molecule has 0 radical (unpaired) electrons. The normalized spacial score (nSPS) is 12.8. The molecule has 1 rings (SSSR count). The van der Waals surface area contributed by atoms with Crippen molar-refractivity contribution in [3.8, 4) is 5.75 Å². The molecule has 0 unspecified atom stereocenters. The molecule has 0 aliphatic carbocycles. The molecule has 0 bridgehead atoms. The number of hydrogen-bond donors (Lipinski definition) is 0. The second kappa shape index (κ2) is 5.71. The van der Waals surface area contributed by atoms with Gasteiger partial charge >= 0.3 is 0 Å². The Labute approximate surface area is 112 Å². The zero-order valence-corrected chi connectivity index (χ0v) is 14.2. The topological polar surface area (TPSA) is 30.8 Å². The summed E-state index contributed by atoms with van der Waals surface area (Å²) < 4.78 is 11.4. The molecule has 0 aliphatic rings. The minimum absolute atomic E-state index is 0.908. The number of benzene rings is 1. The van der Waals surface area contributed by atoms with Crippen molar-refractivity contribution < 1.29 is 8.95 Å². The van der Waals surface area contributed by atoms with Crippen LogP contribution in [0.3, 0.4) is 0 Å². The summed E-state index contributed by atoms with van der Waals surface area (Å²) in [6.07, 6.45) is 1.75. The van der Waals surface area contributed by atoms with Gasteiger partial charge in [-0.15, -0.1) is 5.16 Å². The quantitative estimate of drug-likeness (QED) is 0.462. The van der Waals surface area contributed by atoms with Gasteiger partial charge in [0.25, 0.3) is 8.32 Å². The van der Waals surface area contributed by atoms with Gasteiger partial charge in [-0.05, 0) is 57.0 Å². The fourth-order valence-corrected chi connectivity index (χ4v) is 2.46. The summed E-state index contributed by atoms with van der Waals surface area (Å²) in [7, 11) is -3.14. The Morgan fingerprint density at radius 1 is 1.00 bits per heavy atom. The Hall–Kier alpha value is -1.08. The molecule has 0 spiro atoms. The maximum atomic E-state index is 5.93. The van der Waals surface area contributed by atoms with Crippen LogP contribution in [0, 0.1) is 0 Å². The fraction of sp³-hybridized carbons (Fsp3) is 0.462. The van der Waals surface area contributed by atoms with Gasteiger partial charge in [-0.1, -0.05) is 12.1 Å². The summed E-state index contributed by atoms with van der Waals surface area (Å²) in [4.78, 5) is 0. The monoisotopic (exact) mass is 281 g/mol. The Morgan fingerprint density at radius 3 is 2.22 bits per heavy atom. The molecular weight excluding hydrogens is 258 g/mol. The molecule has 0 aromatic heterocycles. The molecule has 18 heavy (non-hydrogen) atoms. The lowest BCUT2D eigenvalue weighted by Crippen LogP contribution is -2.29. The number of rotatable bonds is 5. The van der Waals surface area contributed by atoms with Crippen molar-refractivity contribution in [1.82, 2.24) is 0 Å². The van der Waals surface area contributed by atoms with Crippen LogP contribution in [0.1, 0.15) is 5.56 Å². The van der Waals surface area contributed by atoms with Crippen LogP contribution < -0.4 is 4.43 Å². The van der Waals surface area contributed by atoms with E-state index in [1.807, 2.05) is 24.3 Å². The lowest BCUT2D eigenvalue weighted by Gasteiger charge is -2.19. The minimum Gasteiger partial charge on any atom is -0.544 e. The summed E-state index contributed by atoms with van der Waals surface area (Å²) >= 11 is 0. The predicted octanol–water partition coefficient (Wildman–Crippen LogP) is 4.09. The highest BCUT2D eigenvalue weighted by Crippen LogP contribution is 2.17. The molecule has 1 aromatic rings. The van der Waals surface area contributed by atoms with Crippen molar-refractivity contribution in [2.45, 2.75) is 39.3 Å². The highest BCUT2D eigenvalue weighted by Gasteiger charge is 2.16. The summed E-state index contributed by atoms with van der Waals surface area (Å²) in [5.41, 5.74) is 1.00. The molecule has 100 valence electrons. The Balaban J connectivity index is 2.71. The molecular formula is C13H23NO2Si2. The van der Waals surface area contributed by atoms with E-state index in [1.165, 1.54) is 0 Å². The Bertz CT molecular complexity index is 420. The van der Waals surface area contributed by atoms with Crippen LogP contribution >= 0.6 is 0 Å². The average Bonchev–Trinajstić information content (AvgIpc) is 2.13. The largest absolute Gasteiger partial charge is 0.544 e. The van der Waals surface area contributed by atoms with E-state index in [1.54, 1.807) is 6.21 Å². The first-order valence-corrected chi connectivity index (χ1v) is 13.0. The van der Waals surface area contributed by atoms with Crippen LogP contribution in [0.5, 0.6) is 5.75 Å². The van der Waals surface area contributed by atoms with E-state index in [4.69, 9.17) is 8.95 Å². The van der Waals surface area contributed by atoms with Gasteiger partial charge in [0.05, 0.1) is 6.21 Å². The van der Waals surface area contributed by atoms with E-state index in [0.717, 1.165) is 11.3 Å². The molecule has 1 aromatic carbocycles. The standard InChI is InChI=1S/C13H23NO2Si2/c1-17(2,3)15-13-9-7-8-12(10-13)11-14-16-18(4,5)6/h7-11H,1-6H3/b14-11+. The van der Waals surface area contributed by atoms with E-state index < -0.39 is 16.6 Å². The van der Waals surface area contributed by atoms with Crippen LogP contribution in [-0.4, -0.2) is 22.8 Å². The maximum Gasteiger partial charge on any atom is 0.278 e. The molecule has 0 N–H and O–H groups in total. The van der Waals surface area contributed by atoms with Gasteiger partial charge in [-0.25, -0.2) is 0 Å². The second-order valence-electron chi connectivity index (χ2n) is 6.23. The van der Waals surface area contributed by atoms with Crippen molar-refractivity contribution in [3.63, 3.8) is 0 Å². The Morgan fingerprint density at radius 2 is 1.67 bits per heavy atom. The molecule has 0 fully saturated rings. The van der Waals surface area contributed by atoms with Gasteiger partial charge in [0.15, 0.2) is 0 Å². The zero-order chi connectivity index (χ0) is 13.8. The lowest BCUT2D eigenvalue weighted by atomic mass is 10.2. The zero-order valence-electron chi connectivity index (χ0n) is 12.2. The van der Waals surface area contributed by atoms with Gasteiger partial charge in [-0.3, -0.25) is 0 Å². The first kappa shape index (κ1) is 15.0. The average molecular weight is 282 g/mol. The summed E-state index contributed by atoms with van der Waals surface area (Å²) in [6.45, 7) is 12.8. The van der Waals surface area contributed by atoms with Crippen LogP contribution in [0.2, 0.25) is 39.3 Å². The van der Waals surface area contributed by atoms with E-state index in [-0.39, 0.29) is 0 Å². The molecule has 0 aliphatic heterocycles. The third-order valence-corrected chi connectivity index (χ3v) is 3.31. The first-order valence-electron chi connectivity index (χ1n) is 6.16. The van der Waals surface area contributed by atoms with E-state index in [0.29, 0.717) is 0 Å². The van der Waals surface area contributed by atoms with Crippen molar-refractivity contribution in [2.75, 3.05) is 0 Å². The smallest absolute Gasteiger partial charge is 0.278 e. The number of nitrogens with zero attached hydrogens (tertiary/aromatic N) is 1. The fourth-order valence-electron chi connectivity index (χ4n) is 1.26. The van der Waals surface area contributed by atoms with Crippen LogP contribution in [-0.2, 0) is 4.53 Å². The van der Waals surface area contributed by atoms with Gasteiger partial charge in [-0.2, -0.15) is 0 Å². The van der Waals surface area contributed by atoms with Gasteiger partial charge in [0.1, 0.15) is 5.75 Å². The van der Waals surface area contributed by atoms with Crippen molar-refractivity contribution in [1.29, 1.82) is 0 Å². The molecule has 3 nitrogen and oxygen atoms in total. The van der Waals surface area contributed by atoms with Gasteiger partial charge in [0.2, 0.25) is 8.32 Å². The second-order valence-corrected chi connectivity index (χ2v) is 15.1. The predicted molar refractivity (Wildman–Crippen MR) is 82.4 cm³/mol. The first-order chi connectivity index (χ1) is 8.16. The molecule has 0 saturated carbocycles. The van der Waals surface area contributed by atoms with Crippen LogP contribution in [0.4, 0.5) is 0 Å². The molecule has 0 amide bonds. The lowest BCUT2D eigenvalue weighted by molar-refractivity contribution is 0.338. The van der Waals surface area contributed by atoms with Crippen LogP contribution in [0.25, 0.3) is 0 Å². The molecule has 0 atom stereocenters. The summed E-state index contributed by atoms with van der Waals surface area (Å²) in [6, 6.07) is 7.95. The van der Waals surface area contributed by atoms with Crippen LogP contribution in [0.15, 0.2) is 29.4 Å². The third kappa shape index (κ3) is 6.61. The maximum absolute atomic E-state index is 5.93.